The van der Waals surface area contributed by atoms with Crippen molar-refractivity contribution in [3.05, 3.63) is 81.8 Å². The van der Waals surface area contributed by atoms with Crippen molar-refractivity contribution in [1.82, 2.24) is 0 Å². The van der Waals surface area contributed by atoms with Gasteiger partial charge in [-0.2, -0.15) is 16.4 Å². The first kappa shape index (κ1) is 21.3. The van der Waals surface area contributed by atoms with Crippen LogP contribution in [-0.2, 0) is 32.3 Å². The normalized spacial score (nSPS) is 17.7. The number of halogens is 1. The summed E-state index contributed by atoms with van der Waals surface area (Å²) in [4.78, 5) is 25.0. The van der Waals surface area contributed by atoms with Crippen LogP contribution in [0.1, 0.15) is 35.8 Å². The number of thiophene rings is 1. The molecule has 0 aliphatic carbocycles. The van der Waals surface area contributed by atoms with Gasteiger partial charge < -0.3 is 14.2 Å². The van der Waals surface area contributed by atoms with Gasteiger partial charge in [0.2, 0.25) is 12.2 Å². The summed E-state index contributed by atoms with van der Waals surface area (Å²) < 4.78 is 31.3. The Morgan fingerprint density at radius 1 is 1.21 bits per heavy atom. The lowest BCUT2D eigenvalue weighted by atomic mass is 10.1. The van der Waals surface area contributed by atoms with Gasteiger partial charge >= 0.3 is 5.97 Å². The second-order valence-corrected chi connectivity index (χ2v) is 8.31. The largest absolute Gasteiger partial charge is 0.460 e. The number of hydrogen-bond donors (Lipinski definition) is 0. The van der Waals surface area contributed by atoms with Gasteiger partial charge in [0, 0.05) is 34.9 Å². The fraction of sp³-hybridized carbons (Fsp3) is 0.208. The summed E-state index contributed by atoms with van der Waals surface area (Å²) in [7, 11) is 0. The number of rotatable bonds is 5. The van der Waals surface area contributed by atoms with Crippen LogP contribution < -0.4 is 9.75 Å². The van der Waals surface area contributed by atoms with Gasteiger partial charge in [0.15, 0.2) is 0 Å². The van der Waals surface area contributed by atoms with Gasteiger partial charge in [-0.3, -0.25) is 4.79 Å². The molecule has 1 unspecified atom stereocenters. The van der Waals surface area contributed by atoms with Crippen LogP contribution in [0, 0.1) is 5.82 Å². The molecular formula is C24H19FN2O5S. The van der Waals surface area contributed by atoms with Crippen LogP contribution in [0.15, 0.2) is 64.4 Å². The molecule has 3 heterocycles. The minimum Gasteiger partial charge on any atom is -0.460 e. The van der Waals surface area contributed by atoms with Crippen LogP contribution in [0.4, 0.5) is 10.1 Å². The molecule has 0 saturated heterocycles. The van der Waals surface area contributed by atoms with Crippen molar-refractivity contribution >= 4 is 34.6 Å². The Kier molecular flexibility index (Phi) is 5.89. The second kappa shape index (κ2) is 9.13. The molecule has 5 rings (SSSR count). The van der Waals surface area contributed by atoms with Crippen molar-refractivity contribution in [3.8, 4) is 5.75 Å². The number of benzene rings is 2. The zero-order chi connectivity index (χ0) is 22.8. The Balaban J connectivity index is 1.33. The third-order valence-electron chi connectivity index (χ3n) is 5.27. The molecule has 9 heteroatoms. The van der Waals surface area contributed by atoms with E-state index in [0.717, 1.165) is 5.56 Å². The molecule has 1 atom stereocenters. The lowest BCUT2D eigenvalue weighted by molar-refractivity contribution is -0.137. The Hall–Kier alpha value is -3.56. The van der Waals surface area contributed by atoms with Crippen LogP contribution in [-0.4, -0.2) is 17.6 Å². The monoisotopic (exact) mass is 466 g/mol. The number of ether oxygens (including phenoxy) is 3. The third kappa shape index (κ3) is 4.50. The maximum Gasteiger partial charge on any atom is 0.354 e. The Morgan fingerprint density at radius 2 is 2.06 bits per heavy atom. The number of amides is 1. The topological polar surface area (TPSA) is 77.4 Å². The van der Waals surface area contributed by atoms with Gasteiger partial charge in [0.25, 0.3) is 0 Å². The zero-order valence-corrected chi connectivity index (χ0v) is 18.2. The van der Waals surface area contributed by atoms with E-state index in [0.29, 0.717) is 22.6 Å². The van der Waals surface area contributed by atoms with Crippen LogP contribution >= 0.6 is 11.3 Å². The number of anilines is 1. The quantitative estimate of drug-likeness (QED) is 0.509. The molecule has 1 aromatic heterocycles. The molecule has 1 amide bonds. The van der Waals surface area contributed by atoms with Gasteiger partial charge in [0.05, 0.1) is 12.3 Å². The summed E-state index contributed by atoms with van der Waals surface area (Å²) in [6.45, 7) is -0.0248. The third-order valence-corrected chi connectivity index (χ3v) is 5.97. The maximum absolute atomic E-state index is 14.2. The molecule has 2 aliphatic heterocycles. The fourth-order valence-electron chi connectivity index (χ4n) is 3.66. The minimum absolute atomic E-state index is 0.129. The van der Waals surface area contributed by atoms with E-state index in [-0.39, 0.29) is 37.7 Å². The first-order valence-corrected chi connectivity index (χ1v) is 11.3. The Morgan fingerprint density at radius 3 is 2.85 bits per heavy atom. The highest BCUT2D eigenvalue weighted by Gasteiger charge is 2.28. The van der Waals surface area contributed by atoms with E-state index in [4.69, 9.17) is 14.2 Å². The molecule has 0 bridgehead atoms. The van der Waals surface area contributed by atoms with Crippen LogP contribution in [0.3, 0.4) is 0 Å². The van der Waals surface area contributed by atoms with Crippen molar-refractivity contribution in [2.45, 2.75) is 32.3 Å². The van der Waals surface area contributed by atoms with E-state index in [9.17, 15) is 14.0 Å². The summed E-state index contributed by atoms with van der Waals surface area (Å²) in [5, 5.41) is 9.23. The number of esters is 1. The Labute approximate surface area is 193 Å². The predicted octanol–water partition coefficient (Wildman–Crippen LogP) is 4.72. The van der Waals surface area contributed by atoms with E-state index in [2.05, 4.69) is 5.10 Å². The SMILES string of the molecule is O=C(OCc1cc(F)cc2c1OC(c1ccsc1)OC2)C1=NN(c2ccccc2)C(=O)CC1. The van der Waals surface area contributed by atoms with Crippen molar-refractivity contribution in [2.24, 2.45) is 5.10 Å². The second-order valence-electron chi connectivity index (χ2n) is 7.53. The predicted molar refractivity (Wildman–Crippen MR) is 119 cm³/mol. The molecule has 168 valence electrons. The van der Waals surface area contributed by atoms with E-state index in [1.54, 1.807) is 24.3 Å². The van der Waals surface area contributed by atoms with Crippen LogP contribution in [0.2, 0.25) is 0 Å². The Bertz CT molecular complexity index is 1210. The minimum atomic E-state index is -0.664. The highest BCUT2D eigenvalue weighted by molar-refractivity contribution is 7.07. The summed E-state index contributed by atoms with van der Waals surface area (Å²) in [6.07, 6.45) is -0.301. The summed E-state index contributed by atoms with van der Waals surface area (Å²) in [5.74, 6) is -0.900. The van der Waals surface area contributed by atoms with E-state index < -0.39 is 18.1 Å². The fourth-order valence-corrected chi connectivity index (χ4v) is 4.32. The summed E-state index contributed by atoms with van der Waals surface area (Å²) >= 11 is 1.52. The van der Waals surface area contributed by atoms with Gasteiger partial charge in [-0.05, 0) is 35.7 Å². The smallest absolute Gasteiger partial charge is 0.354 e. The standard InChI is InChI=1S/C24H19FN2O5S/c25-18-10-16(22-17(11-18)13-31-24(32-22)15-8-9-33-14-15)12-30-23(29)20-6-7-21(28)27(26-20)19-4-2-1-3-5-19/h1-5,8-11,14,24H,6-7,12-13H2. The van der Waals surface area contributed by atoms with Crippen molar-refractivity contribution < 1.29 is 28.2 Å². The number of hydrogen-bond acceptors (Lipinski definition) is 7. The maximum atomic E-state index is 14.2. The summed E-state index contributed by atoms with van der Waals surface area (Å²) in [6, 6.07) is 13.4. The molecule has 7 nitrogen and oxygen atoms in total. The number of nitrogens with zero attached hydrogens (tertiary/aromatic N) is 2. The van der Waals surface area contributed by atoms with E-state index >= 15 is 0 Å². The van der Waals surface area contributed by atoms with Gasteiger partial charge in [0.1, 0.15) is 23.9 Å². The van der Waals surface area contributed by atoms with Gasteiger partial charge in [-0.1, -0.05) is 18.2 Å². The number of carbonyl (C=O) groups excluding carboxylic acids is 2. The van der Waals surface area contributed by atoms with E-state index in [1.165, 1.54) is 28.5 Å². The lowest BCUT2D eigenvalue weighted by Gasteiger charge is -2.28. The van der Waals surface area contributed by atoms with Crippen molar-refractivity contribution in [3.63, 3.8) is 0 Å². The molecule has 2 aliphatic rings. The molecule has 0 spiro atoms. The first-order valence-electron chi connectivity index (χ1n) is 10.3. The number of hydrazone groups is 1. The molecule has 0 fully saturated rings. The lowest BCUT2D eigenvalue weighted by Crippen LogP contribution is -2.34. The highest BCUT2D eigenvalue weighted by Crippen LogP contribution is 2.37. The van der Waals surface area contributed by atoms with Crippen LogP contribution in [0.5, 0.6) is 5.75 Å². The first-order chi connectivity index (χ1) is 16.1. The van der Waals surface area contributed by atoms with E-state index in [1.807, 2.05) is 22.9 Å². The van der Waals surface area contributed by atoms with Gasteiger partial charge in [-0.15, -0.1) is 0 Å². The zero-order valence-electron chi connectivity index (χ0n) is 17.4. The highest BCUT2D eigenvalue weighted by atomic mass is 32.1. The molecule has 0 radical (unpaired) electrons. The molecular weight excluding hydrogens is 447 g/mol. The van der Waals surface area contributed by atoms with Gasteiger partial charge in [-0.25, -0.2) is 14.2 Å². The number of fused-ring (bicyclic) bond motifs is 1. The molecule has 2 aromatic carbocycles. The number of para-hydroxylation sites is 1. The average Bonchev–Trinajstić information content (AvgIpc) is 3.38. The molecule has 0 N–H and O–H groups in total. The molecule has 3 aromatic rings. The molecule has 0 saturated carbocycles. The van der Waals surface area contributed by atoms with Crippen molar-refractivity contribution in [2.75, 3.05) is 5.01 Å². The summed E-state index contributed by atoms with van der Waals surface area (Å²) in [5.41, 5.74) is 2.50. The van der Waals surface area contributed by atoms with Crippen molar-refractivity contribution in [1.29, 1.82) is 0 Å². The number of carbonyl (C=O) groups is 2. The van der Waals surface area contributed by atoms with Crippen LogP contribution in [0.25, 0.3) is 0 Å². The average molecular weight is 466 g/mol. The molecule has 33 heavy (non-hydrogen) atoms.